The summed E-state index contributed by atoms with van der Waals surface area (Å²) in [5, 5.41) is 12.8. The standard InChI is InChI=1S/C29H39N7O4/c1-38-25-13-11-22(12-14-25)21-32-28-34-27(35-29(36-28)33-24-9-5-6-10-24)31-16-18-40-20-19-39-17-15-30-26(37)23-7-3-2-4-8-23/h2-4,7-8,11-14,24H,5-6,9-10,15-21H2,1H3,(H,30,37)(H3,31,32,33,34,35,36). The normalized spacial score (nSPS) is 13.1. The lowest BCUT2D eigenvalue weighted by Gasteiger charge is -2.15. The SMILES string of the molecule is COc1ccc(CNc2nc(NCCOCCOCCNC(=O)c3ccccc3)nc(NC3CCCC3)n2)cc1. The van der Waals surface area contributed by atoms with Crippen molar-refractivity contribution in [3.8, 4) is 5.75 Å². The summed E-state index contributed by atoms with van der Waals surface area (Å²) in [6.45, 7) is 3.36. The third-order valence-electron chi connectivity index (χ3n) is 6.40. The fourth-order valence-corrected chi connectivity index (χ4v) is 4.26. The lowest BCUT2D eigenvalue weighted by atomic mass is 10.2. The summed E-state index contributed by atoms with van der Waals surface area (Å²) in [5.74, 6) is 2.27. The molecule has 0 spiro atoms. The van der Waals surface area contributed by atoms with E-state index in [0.29, 0.717) is 75.5 Å². The average molecular weight is 550 g/mol. The maximum Gasteiger partial charge on any atom is 0.251 e. The van der Waals surface area contributed by atoms with Gasteiger partial charge in [-0.1, -0.05) is 43.2 Å². The van der Waals surface area contributed by atoms with Gasteiger partial charge in [0.15, 0.2) is 0 Å². The number of rotatable bonds is 17. The number of aromatic nitrogens is 3. The number of hydrogen-bond donors (Lipinski definition) is 4. The van der Waals surface area contributed by atoms with E-state index in [1.807, 2.05) is 42.5 Å². The molecule has 0 radical (unpaired) electrons. The van der Waals surface area contributed by atoms with Gasteiger partial charge in [-0.2, -0.15) is 15.0 Å². The number of benzene rings is 2. The second-order valence-electron chi connectivity index (χ2n) is 9.41. The minimum absolute atomic E-state index is 0.106. The van der Waals surface area contributed by atoms with E-state index >= 15 is 0 Å². The Bertz CT molecular complexity index is 1160. The van der Waals surface area contributed by atoms with Crippen LogP contribution in [0.25, 0.3) is 0 Å². The molecule has 0 unspecified atom stereocenters. The minimum Gasteiger partial charge on any atom is -0.497 e. The van der Waals surface area contributed by atoms with Gasteiger partial charge < -0.3 is 35.5 Å². The Hall–Kier alpha value is -3.96. The second-order valence-corrected chi connectivity index (χ2v) is 9.41. The third kappa shape index (κ3) is 9.97. The van der Waals surface area contributed by atoms with Gasteiger partial charge in [-0.05, 0) is 42.7 Å². The van der Waals surface area contributed by atoms with Crippen LogP contribution in [0, 0.1) is 0 Å². The lowest BCUT2D eigenvalue weighted by molar-refractivity contribution is 0.0519. The minimum atomic E-state index is -0.106. The summed E-state index contributed by atoms with van der Waals surface area (Å²) in [4.78, 5) is 25.7. The molecule has 1 fully saturated rings. The first kappa shape index (κ1) is 29.0. The van der Waals surface area contributed by atoms with Crippen LogP contribution in [0.1, 0.15) is 41.6 Å². The Morgan fingerprint density at radius 2 is 1.45 bits per heavy atom. The summed E-state index contributed by atoms with van der Waals surface area (Å²) >= 11 is 0. The molecule has 0 bridgehead atoms. The zero-order chi connectivity index (χ0) is 27.8. The van der Waals surface area contributed by atoms with Crippen LogP contribution >= 0.6 is 0 Å². The Labute approximate surface area is 235 Å². The predicted molar refractivity (Wildman–Crippen MR) is 155 cm³/mol. The maximum absolute atomic E-state index is 12.0. The van der Waals surface area contributed by atoms with Crippen LogP contribution in [0.4, 0.5) is 17.8 Å². The van der Waals surface area contributed by atoms with Crippen LogP contribution < -0.4 is 26.0 Å². The molecule has 11 nitrogen and oxygen atoms in total. The van der Waals surface area contributed by atoms with Gasteiger partial charge in [0.25, 0.3) is 5.91 Å². The summed E-state index contributed by atoms with van der Waals surface area (Å²) in [7, 11) is 1.65. The van der Waals surface area contributed by atoms with Crippen LogP contribution in [-0.4, -0.2) is 73.5 Å². The van der Waals surface area contributed by atoms with E-state index in [4.69, 9.17) is 14.2 Å². The summed E-state index contributed by atoms with van der Waals surface area (Å²) in [5.41, 5.74) is 1.73. The van der Waals surface area contributed by atoms with E-state index in [-0.39, 0.29) is 5.91 Å². The molecule has 1 aromatic heterocycles. The largest absolute Gasteiger partial charge is 0.497 e. The molecule has 1 aliphatic carbocycles. The number of methoxy groups -OCH3 is 1. The number of anilines is 3. The number of ether oxygens (including phenoxy) is 3. The van der Waals surface area contributed by atoms with Gasteiger partial charge >= 0.3 is 0 Å². The van der Waals surface area contributed by atoms with Gasteiger partial charge in [-0.3, -0.25) is 4.79 Å². The molecule has 4 rings (SSSR count). The molecule has 11 heteroatoms. The molecular formula is C29H39N7O4. The fourth-order valence-electron chi connectivity index (χ4n) is 4.26. The van der Waals surface area contributed by atoms with E-state index in [1.165, 1.54) is 12.8 Å². The van der Waals surface area contributed by atoms with E-state index in [0.717, 1.165) is 24.2 Å². The van der Waals surface area contributed by atoms with Crippen LogP contribution in [-0.2, 0) is 16.0 Å². The Balaban J connectivity index is 1.15. The van der Waals surface area contributed by atoms with Crippen LogP contribution in [0.2, 0.25) is 0 Å². The van der Waals surface area contributed by atoms with Crippen molar-refractivity contribution in [2.45, 2.75) is 38.3 Å². The molecule has 1 saturated carbocycles. The van der Waals surface area contributed by atoms with Crippen molar-refractivity contribution < 1.29 is 19.0 Å². The number of carbonyl (C=O) groups excluding carboxylic acids is 1. The quantitative estimate of drug-likeness (QED) is 0.185. The van der Waals surface area contributed by atoms with Gasteiger partial charge in [0.1, 0.15) is 5.75 Å². The highest BCUT2D eigenvalue weighted by molar-refractivity contribution is 5.94. The molecule has 4 N–H and O–H groups in total. The van der Waals surface area contributed by atoms with Gasteiger partial charge in [0.05, 0.1) is 33.5 Å². The molecule has 0 aliphatic heterocycles. The second kappa shape index (κ2) is 16.2. The average Bonchev–Trinajstić information content (AvgIpc) is 3.50. The van der Waals surface area contributed by atoms with E-state index in [2.05, 4.69) is 36.2 Å². The van der Waals surface area contributed by atoms with Crippen LogP contribution in [0.5, 0.6) is 5.75 Å². The molecule has 0 saturated heterocycles. The van der Waals surface area contributed by atoms with Gasteiger partial charge in [-0.25, -0.2) is 0 Å². The first-order chi connectivity index (χ1) is 19.7. The predicted octanol–water partition coefficient (Wildman–Crippen LogP) is 3.72. The summed E-state index contributed by atoms with van der Waals surface area (Å²) in [6.07, 6.45) is 4.69. The van der Waals surface area contributed by atoms with Crippen molar-refractivity contribution in [2.24, 2.45) is 0 Å². The van der Waals surface area contributed by atoms with Crippen molar-refractivity contribution >= 4 is 23.8 Å². The maximum atomic E-state index is 12.0. The summed E-state index contributed by atoms with van der Waals surface area (Å²) < 4.78 is 16.4. The highest BCUT2D eigenvalue weighted by atomic mass is 16.5. The first-order valence-electron chi connectivity index (χ1n) is 13.8. The molecule has 214 valence electrons. The van der Waals surface area contributed by atoms with Crippen molar-refractivity contribution in [1.29, 1.82) is 0 Å². The Morgan fingerprint density at radius 1 is 0.800 bits per heavy atom. The van der Waals surface area contributed by atoms with E-state index < -0.39 is 0 Å². The van der Waals surface area contributed by atoms with Gasteiger partial charge in [0, 0.05) is 31.2 Å². The number of nitrogens with zero attached hydrogens (tertiary/aromatic N) is 3. The first-order valence-corrected chi connectivity index (χ1v) is 13.8. The van der Waals surface area contributed by atoms with E-state index in [1.54, 1.807) is 19.2 Å². The number of carbonyl (C=O) groups is 1. The number of hydrogen-bond acceptors (Lipinski definition) is 10. The highest BCUT2D eigenvalue weighted by Crippen LogP contribution is 2.22. The molecule has 1 aliphatic rings. The van der Waals surface area contributed by atoms with E-state index in [9.17, 15) is 4.79 Å². The zero-order valence-electron chi connectivity index (χ0n) is 23.0. The lowest BCUT2D eigenvalue weighted by Crippen LogP contribution is -2.27. The third-order valence-corrected chi connectivity index (χ3v) is 6.40. The highest BCUT2D eigenvalue weighted by Gasteiger charge is 2.17. The Morgan fingerprint density at radius 3 is 2.15 bits per heavy atom. The molecule has 40 heavy (non-hydrogen) atoms. The van der Waals surface area contributed by atoms with Crippen molar-refractivity contribution in [3.63, 3.8) is 0 Å². The van der Waals surface area contributed by atoms with Crippen molar-refractivity contribution in [3.05, 3.63) is 65.7 Å². The molecule has 2 aromatic carbocycles. The summed E-state index contributed by atoms with van der Waals surface area (Å²) in [6, 6.07) is 17.4. The van der Waals surface area contributed by atoms with Crippen molar-refractivity contribution in [2.75, 3.05) is 62.6 Å². The molecule has 1 amide bonds. The van der Waals surface area contributed by atoms with Crippen LogP contribution in [0.15, 0.2) is 54.6 Å². The van der Waals surface area contributed by atoms with Gasteiger partial charge in [0.2, 0.25) is 17.8 Å². The zero-order valence-corrected chi connectivity index (χ0v) is 23.0. The monoisotopic (exact) mass is 549 g/mol. The Kier molecular flexibility index (Phi) is 11.8. The molecule has 1 heterocycles. The fraction of sp³-hybridized carbons (Fsp3) is 0.448. The molecular weight excluding hydrogens is 510 g/mol. The number of amides is 1. The van der Waals surface area contributed by atoms with Gasteiger partial charge in [-0.15, -0.1) is 0 Å². The topological polar surface area (TPSA) is 132 Å². The van der Waals surface area contributed by atoms with Crippen molar-refractivity contribution in [1.82, 2.24) is 20.3 Å². The van der Waals surface area contributed by atoms with Crippen LogP contribution in [0.3, 0.4) is 0 Å². The number of nitrogens with one attached hydrogen (secondary N) is 4. The molecule has 3 aromatic rings. The molecule has 0 atom stereocenters. The smallest absolute Gasteiger partial charge is 0.251 e.